The quantitative estimate of drug-likeness (QED) is 0.326. The summed E-state index contributed by atoms with van der Waals surface area (Å²) < 4.78 is 0. The number of nitriles is 1. The van der Waals surface area contributed by atoms with Crippen LogP contribution in [-0.4, -0.2) is 114 Å². The molecule has 0 aliphatic carbocycles. The van der Waals surface area contributed by atoms with Gasteiger partial charge in [0.15, 0.2) is 0 Å². The van der Waals surface area contributed by atoms with Crippen molar-refractivity contribution in [1.82, 2.24) is 14.7 Å². The van der Waals surface area contributed by atoms with Gasteiger partial charge in [0, 0.05) is 89.9 Å². The summed E-state index contributed by atoms with van der Waals surface area (Å²) in [5, 5.41) is 9.01. The molecule has 3 aromatic rings. The third-order valence-corrected chi connectivity index (χ3v) is 8.45. The van der Waals surface area contributed by atoms with Gasteiger partial charge in [0.25, 0.3) is 0 Å². The van der Waals surface area contributed by atoms with Crippen molar-refractivity contribution >= 4 is 17.1 Å². The van der Waals surface area contributed by atoms with Crippen LogP contribution in [0.25, 0.3) is 0 Å². The molecule has 7 heteroatoms. The Labute approximate surface area is 281 Å². The van der Waals surface area contributed by atoms with E-state index in [1.54, 1.807) is 0 Å². The summed E-state index contributed by atoms with van der Waals surface area (Å²) in [5.74, 6) is 0. The van der Waals surface area contributed by atoms with Crippen LogP contribution in [0, 0.1) is 18.3 Å². The molecule has 46 heavy (non-hydrogen) atoms. The van der Waals surface area contributed by atoms with E-state index in [-0.39, 0.29) is 0 Å². The molecule has 3 aromatic carbocycles. The zero-order chi connectivity index (χ0) is 33.7. The van der Waals surface area contributed by atoms with Crippen LogP contribution < -0.4 is 14.7 Å². The molecule has 0 aromatic heterocycles. The van der Waals surface area contributed by atoms with Gasteiger partial charge in [0.1, 0.15) is 6.07 Å². The molecule has 3 heterocycles. The maximum atomic E-state index is 9.01. The first-order valence-electron chi connectivity index (χ1n) is 17.3. The average molecular weight is 628 g/mol. The lowest BCUT2D eigenvalue weighted by atomic mass is 10.1. The highest BCUT2D eigenvalue weighted by molar-refractivity contribution is 5.59. The van der Waals surface area contributed by atoms with Gasteiger partial charge in [-0.1, -0.05) is 76.2 Å². The van der Waals surface area contributed by atoms with Gasteiger partial charge >= 0.3 is 0 Å². The first kappa shape index (κ1) is 38.6. The van der Waals surface area contributed by atoms with Gasteiger partial charge in [0.05, 0.1) is 11.3 Å². The molecule has 0 amide bonds. The highest BCUT2D eigenvalue weighted by atomic mass is 15.3. The van der Waals surface area contributed by atoms with Gasteiger partial charge in [-0.15, -0.1) is 0 Å². The second-order valence-electron chi connectivity index (χ2n) is 11.6. The lowest BCUT2D eigenvalue weighted by molar-refractivity contribution is 0.312. The highest BCUT2D eigenvalue weighted by Crippen LogP contribution is 2.21. The van der Waals surface area contributed by atoms with Crippen molar-refractivity contribution in [2.75, 3.05) is 114 Å². The minimum absolute atomic E-state index is 0.780. The van der Waals surface area contributed by atoms with Crippen molar-refractivity contribution in [2.24, 2.45) is 0 Å². The van der Waals surface area contributed by atoms with E-state index in [0.717, 1.165) is 63.6 Å². The smallest absolute Gasteiger partial charge is 0.101 e. The van der Waals surface area contributed by atoms with Crippen molar-refractivity contribution in [3.8, 4) is 6.07 Å². The number of likely N-dealkylation sites (N-methyl/N-ethyl adjacent to an activating group) is 3. The summed E-state index contributed by atoms with van der Waals surface area (Å²) in [6.07, 6.45) is 0. The maximum absolute atomic E-state index is 9.01. The van der Waals surface area contributed by atoms with Crippen molar-refractivity contribution < 1.29 is 0 Å². The summed E-state index contributed by atoms with van der Waals surface area (Å²) in [4.78, 5) is 14.3. The van der Waals surface area contributed by atoms with Gasteiger partial charge in [0.2, 0.25) is 0 Å². The van der Waals surface area contributed by atoms with E-state index >= 15 is 0 Å². The molecule has 0 saturated carbocycles. The summed E-state index contributed by atoms with van der Waals surface area (Å²) >= 11 is 0. The van der Waals surface area contributed by atoms with Gasteiger partial charge in [-0.2, -0.15) is 5.26 Å². The Kier molecular flexibility index (Phi) is 18.5. The van der Waals surface area contributed by atoms with Crippen LogP contribution >= 0.6 is 0 Å². The summed E-state index contributed by atoms with van der Waals surface area (Å²) in [7, 11) is 6.51. The van der Waals surface area contributed by atoms with Gasteiger partial charge in [-0.05, 0) is 64.0 Å². The Morgan fingerprint density at radius 3 is 1.28 bits per heavy atom. The van der Waals surface area contributed by atoms with Crippen molar-refractivity contribution in [2.45, 2.75) is 34.6 Å². The normalized spacial score (nSPS) is 17.0. The summed E-state index contributed by atoms with van der Waals surface area (Å²) in [6.45, 7) is 23.7. The number of anilines is 3. The fourth-order valence-electron chi connectivity index (χ4n) is 5.56. The van der Waals surface area contributed by atoms with Gasteiger partial charge in [-0.25, -0.2) is 0 Å². The van der Waals surface area contributed by atoms with E-state index < -0.39 is 0 Å². The third kappa shape index (κ3) is 12.7. The zero-order valence-electron chi connectivity index (χ0n) is 30.1. The molecule has 0 radical (unpaired) electrons. The number of aryl methyl sites for hydroxylation is 1. The minimum atomic E-state index is 0.780. The van der Waals surface area contributed by atoms with Crippen molar-refractivity contribution in [3.05, 3.63) is 90.0 Å². The van der Waals surface area contributed by atoms with E-state index in [4.69, 9.17) is 5.26 Å². The Bertz CT molecular complexity index is 1230. The topological polar surface area (TPSA) is 43.2 Å². The van der Waals surface area contributed by atoms with Crippen LogP contribution in [0.3, 0.4) is 0 Å². The number of rotatable bonds is 3. The van der Waals surface area contributed by atoms with E-state index in [0.29, 0.717) is 0 Å². The molecular formula is C39H61N7. The second kappa shape index (κ2) is 22.0. The number of hydrogen-bond donors (Lipinski definition) is 0. The van der Waals surface area contributed by atoms with Crippen LogP contribution in [0.1, 0.15) is 38.8 Å². The van der Waals surface area contributed by atoms with E-state index in [1.165, 1.54) is 43.1 Å². The first-order chi connectivity index (χ1) is 22.4. The Morgan fingerprint density at radius 1 is 0.457 bits per heavy atom. The summed E-state index contributed by atoms with van der Waals surface area (Å²) in [6, 6.07) is 29.4. The SMILES string of the molecule is CC.CC.CN1CCN(c2ccccc2)CC1.CN1CCN(c2ccccc2C#N)CC1.Cc1ccccc1N1CCN(C)CC1. The lowest BCUT2D eigenvalue weighted by Crippen LogP contribution is -2.44. The zero-order valence-corrected chi connectivity index (χ0v) is 30.1. The van der Waals surface area contributed by atoms with Crippen molar-refractivity contribution in [1.29, 1.82) is 5.26 Å². The van der Waals surface area contributed by atoms with E-state index in [9.17, 15) is 0 Å². The molecule has 3 aliphatic heterocycles. The average Bonchev–Trinajstić information content (AvgIpc) is 3.12. The van der Waals surface area contributed by atoms with E-state index in [2.05, 4.69) is 118 Å². The fourth-order valence-corrected chi connectivity index (χ4v) is 5.56. The lowest BCUT2D eigenvalue weighted by Gasteiger charge is -2.34. The summed E-state index contributed by atoms with van der Waals surface area (Å²) in [5.41, 5.74) is 6.00. The molecule has 6 rings (SSSR count). The first-order valence-corrected chi connectivity index (χ1v) is 17.3. The fraction of sp³-hybridized carbons (Fsp3) is 0.513. The highest BCUT2D eigenvalue weighted by Gasteiger charge is 2.17. The monoisotopic (exact) mass is 627 g/mol. The number of hydrogen-bond acceptors (Lipinski definition) is 7. The van der Waals surface area contributed by atoms with Crippen LogP contribution in [-0.2, 0) is 0 Å². The van der Waals surface area contributed by atoms with Crippen LogP contribution in [0.2, 0.25) is 0 Å². The largest absolute Gasteiger partial charge is 0.369 e. The molecule has 3 saturated heterocycles. The van der Waals surface area contributed by atoms with Crippen LogP contribution in [0.15, 0.2) is 78.9 Å². The van der Waals surface area contributed by atoms with E-state index in [1.807, 2.05) is 52.0 Å². The molecule has 3 aliphatic rings. The van der Waals surface area contributed by atoms with Crippen LogP contribution in [0.5, 0.6) is 0 Å². The Morgan fingerprint density at radius 2 is 0.826 bits per heavy atom. The molecule has 0 N–H and O–H groups in total. The van der Waals surface area contributed by atoms with Gasteiger partial charge in [-0.3, -0.25) is 0 Å². The number of para-hydroxylation sites is 3. The molecule has 0 bridgehead atoms. The minimum Gasteiger partial charge on any atom is -0.369 e. The maximum Gasteiger partial charge on any atom is 0.101 e. The Balaban J connectivity index is 0.000000228. The standard InChI is InChI=1S/C12H15N3.C12H18N2.C11H16N2.2C2H6/c1-14-6-8-15(9-7-14)12-5-3-2-4-11(12)10-13;1-11-5-3-4-6-12(11)14-9-7-13(2)8-10-14;1-12-7-9-13(10-8-12)11-5-3-2-4-6-11;2*1-2/h2-5H,6-9H2,1H3;3-6H,7-10H2,1-2H3;2-6H,7-10H2,1H3;2*1-2H3. The number of nitrogens with zero attached hydrogens (tertiary/aromatic N) is 7. The number of benzene rings is 3. The molecule has 7 nitrogen and oxygen atoms in total. The molecule has 3 fully saturated rings. The number of piperazine rings is 3. The van der Waals surface area contributed by atoms with Crippen molar-refractivity contribution in [3.63, 3.8) is 0 Å². The second-order valence-corrected chi connectivity index (χ2v) is 11.6. The molecule has 252 valence electrons. The molecule has 0 atom stereocenters. The predicted molar refractivity (Wildman–Crippen MR) is 201 cm³/mol. The van der Waals surface area contributed by atoms with Gasteiger partial charge < -0.3 is 29.4 Å². The molecule has 0 unspecified atom stereocenters. The molecular weight excluding hydrogens is 566 g/mol. The Hall–Kier alpha value is -3.57. The predicted octanol–water partition coefficient (Wildman–Crippen LogP) is 6.55. The third-order valence-electron chi connectivity index (χ3n) is 8.45. The molecule has 0 spiro atoms. The van der Waals surface area contributed by atoms with Crippen LogP contribution in [0.4, 0.5) is 17.1 Å².